The molecular weight excluding hydrogens is 259 g/mol. The van der Waals surface area contributed by atoms with Gasteiger partial charge in [-0.2, -0.15) is 0 Å². The van der Waals surface area contributed by atoms with E-state index in [1.54, 1.807) is 0 Å². The van der Waals surface area contributed by atoms with Gasteiger partial charge in [0, 0.05) is 12.1 Å². The Morgan fingerprint density at radius 1 is 1.26 bits per heavy atom. The maximum Gasteiger partial charge on any atom is 0.212 e. The minimum atomic E-state index is -1.60. The van der Waals surface area contributed by atoms with Gasteiger partial charge in [0.05, 0.1) is 6.20 Å². The molecular formula is C12H10F3N3O. The molecule has 0 aliphatic heterocycles. The second-order valence-electron chi connectivity index (χ2n) is 3.93. The molecule has 0 spiro atoms. The van der Waals surface area contributed by atoms with E-state index in [-0.39, 0.29) is 11.3 Å². The molecule has 0 bridgehead atoms. The van der Waals surface area contributed by atoms with Gasteiger partial charge in [-0.3, -0.25) is 4.79 Å². The number of ketones is 1. The van der Waals surface area contributed by atoms with Crippen LogP contribution in [-0.4, -0.2) is 20.8 Å². The van der Waals surface area contributed by atoms with Crippen LogP contribution in [-0.2, 0) is 6.54 Å². The van der Waals surface area contributed by atoms with Crippen LogP contribution in [0.25, 0.3) is 0 Å². The van der Waals surface area contributed by atoms with Crippen molar-refractivity contribution in [3.63, 3.8) is 0 Å². The minimum absolute atomic E-state index is 0.104. The molecule has 0 saturated carbocycles. The number of benzene rings is 1. The van der Waals surface area contributed by atoms with E-state index in [1.165, 1.54) is 10.9 Å². The van der Waals surface area contributed by atoms with Gasteiger partial charge in [-0.05, 0) is 18.6 Å². The topological polar surface area (TPSA) is 47.8 Å². The van der Waals surface area contributed by atoms with Crippen LogP contribution in [0.15, 0.2) is 18.3 Å². The second kappa shape index (κ2) is 5.21. The van der Waals surface area contributed by atoms with Crippen molar-refractivity contribution < 1.29 is 18.0 Å². The molecule has 0 unspecified atom stereocenters. The number of carbonyl (C=O) groups excluding carboxylic acids is 1. The lowest BCUT2D eigenvalue weighted by atomic mass is 10.1. The average Bonchev–Trinajstić information content (AvgIpc) is 2.83. The molecule has 4 nitrogen and oxygen atoms in total. The Morgan fingerprint density at radius 2 is 1.89 bits per heavy atom. The second-order valence-corrected chi connectivity index (χ2v) is 3.93. The van der Waals surface area contributed by atoms with Crippen molar-refractivity contribution in [1.29, 1.82) is 0 Å². The standard InChI is InChI=1S/C12H10F3N3O/c1-2-3-18-10(6-16-17-18)12(19)7-4-8(13)11(15)9(14)5-7/h4-6H,2-3H2,1H3. The van der Waals surface area contributed by atoms with Crippen LogP contribution in [0.3, 0.4) is 0 Å². The monoisotopic (exact) mass is 269 g/mol. The summed E-state index contributed by atoms with van der Waals surface area (Å²) in [6.07, 6.45) is 1.92. The number of hydrogen-bond acceptors (Lipinski definition) is 3. The number of aromatic nitrogens is 3. The zero-order chi connectivity index (χ0) is 14.0. The summed E-state index contributed by atoms with van der Waals surface area (Å²) in [4.78, 5) is 12.1. The molecule has 0 radical (unpaired) electrons. The van der Waals surface area contributed by atoms with E-state index in [4.69, 9.17) is 0 Å². The highest BCUT2D eigenvalue weighted by Crippen LogP contribution is 2.16. The SMILES string of the molecule is CCCn1nncc1C(=O)c1cc(F)c(F)c(F)c1. The molecule has 0 saturated heterocycles. The van der Waals surface area contributed by atoms with Crippen LogP contribution < -0.4 is 0 Å². The molecule has 7 heteroatoms. The third-order valence-corrected chi connectivity index (χ3v) is 2.53. The van der Waals surface area contributed by atoms with Crippen LogP contribution in [0.1, 0.15) is 29.4 Å². The predicted molar refractivity (Wildman–Crippen MR) is 60.1 cm³/mol. The van der Waals surface area contributed by atoms with Crippen molar-refractivity contribution in [2.24, 2.45) is 0 Å². The van der Waals surface area contributed by atoms with E-state index >= 15 is 0 Å². The summed E-state index contributed by atoms with van der Waals surface area (Å²) < 4.78 is 40.3. The van der Waals surface area contributed by atoms with Gasteiger partial charge in [0.1, 0.15) is 5.69 Å². The molecule has 0 atom stereocenters. The zero-order valence-corrected chi connectivity index (χ0v) is 10.0. The van der Waals surface area contributed by atoms with E-state index in [9.17, 15) is 18.0 Å². The fourth-order valence-electron chi connectivity index (χ4n) is 1.64. The highest BCUT2D eigenvalue weighted by atomic mass is 19.2. The lowest BCUT2D eigenvalue weighted by Gasteiger charge is -2.05. The molecule has 19 heavy (non-hydrogen) atoms. The maximum atomic E-state index is 13.1. The highest BCUT2D eigenvalue weighted by Gasteiger charge is 2.19. The molecule has 2 rings (SSSR count). The van der Waals surface area contributed by atoms with E-state index < -0.39 is 23.2 Å². The fraction of sp³-hybridized carbons (Fsp3) is 0.250. The van der Waals surface area contributed by atoms with E-state index in [1.807, 2.05) is 6.92 Å². The number of hydrogen-bond donors (Lipinski definition) is 0. The first-order valence-electron chi connectivity index (χ1n) is 5.62. The van der Waals surface area contributed by atoms with Crippen molar-refractivity contribution in [2.45, 2.75) is 19.9 Å². The van der Waals surface area contributed by atoms with Crippen LogP contribution >= 0.6 is 0 Å². The van der Waals surface area contributed by atoms with Crippen LogP contribution in [0.5, 0.6) is 0 Å². The van der Waals surface area contributed by atoms with Crippen molar-refractivity contribution >= 4 is 5.78 Å². The van der Waals surface area contributed by atoms with E-state index in [2.05, 4.69) is 10.3 Å². The van der Waals surface area contributed by atoms with Crippen molar-refractivity contribution in [3.05, 3.63) is 47.0 Å². The minimum Gasteiger partial charge on any atom is -0.287 e. The Kier molecular flexibility index (Phi) is 3.64. The highest BCUT2D eigenvalue weighted by molar-refractivity contribution is 6.07. The first-order chi connectivity index (χ1) is 9.04. The van der Waals surface area contributed by atoms with Gasteiger partial charge >= 0.3 is 0 Å². The smallest absolute Gasteiger partial charge is 0.212 e. The average molecular weight is 269 g/mol. The summed E-state index contributed by atoms with van der Waals surface area (Å²) in [5.74, 6) is -5.07. The molecule has 1 aromatic carbocycles. The Balaban J connectivity index is 2.41. The number of nitrogens with zero attached hydrogens (tertiary/aromatic N) is 3. The van der Waals surface area contributed by atoms with Crippen molar-refractivity contribution in [3.8, 4) is 0 Å². The molecule has 0 fully saturated rings. The third-order valence-electron chi connectivity index (χ3n) is 2.53. The third kappa shape index (κ3) is 2.49. The zero-order valence-electron chi connectivity index (χ0n) is 10.0. The van der Waals surface area contributed by atoms with Gasteiger partial charge in [-0.25, -0.2) is 17.9 Å². The number of rotatable bonds is 4. The first-order valence-corrected chi connectivity index (χ1v) is 5.62. The summed E-state index contributed by atoms with van der Waals surface area (Å²) in [6.45, 7) is 2.33. The molecule has 0 N–H and O–H groups in total. The summed E-state index contributed by atoms with van der Waals surface area (Å²) in [7, 11) is 0. The fourth-order valence-corrected chi connectivity index (χ4v) is 1.64. The largest absolute Gasteiger partial charge is 0.287 e. The molecule has 0 aliphatic rings. The summed E-state index contributed by atoms with van der Waals surface area (Å²) in [5, 5.41) is 7.28. The molecule has 2 aromatic rings. The lowest BCUT2D eigenvalue weighted by molar-refractivity contribution is 0.102. The summed E-state index contributed by atoms with van der Waals surface area (Å²) in [6, 6.07) is 1.31. The normalized spacial score (nSPS) is 10.7. The number of aryl methyl sites for hydroxylation is 1. The van der Waals surface area contributed by atoms with Crippen LogP contribution in [0.4, 0.5) is 13.2 Å². The molecule has 1 aromatic heterocycles. The Morgan fingerprint density at radius 3 is 2.47 bits per heavy atom. The molecule has 0 aliphatic carbocycles. The van der Waals surface area contributed by atoms with Gasteiger partial charge < -0.3 is 0 Å². The van der Waals surface area contributed by atoms with E-state index in [0.29, 0.717) is 18.7 Å². The molecule has 100 valence electrons. The first kappa shape index (κ1) is 13.3. The number of carbonyl (C=O) groups is 1. The molecule has 0 amide bonds. The van der Waals surface area contributed by atoms with Gasteiger partial charge in [-0.1, -0.05) is 12.1 Å². The number of halogens is 3. The maximum absolute atomic E-state index is 13.1. The summed E-state index contributed by atoms with van der Waals surface area (Å²) in [5.41, 5.74) is -0.177. The summed E-state index contributed by atoms with van der Waals surface area (Å²) >= 11 is 0. The van der Waals surface area contributed by atoms with E-state index in [0.717, 1.165) is 6.42 Å². The molecule has 1 heterocycles. The Labute approximate surface area is 106 Å². The lowest BCUT2D eigenvalue weighted by Crippen LogP contribution is -2.12. The predicted octanol–water partition coefficient (Wildman–Crippen LogP) is 2.34. The van der Waals surface area contributed by atoms with Gasteiger partial charge in [0.15, 0.2) is 17.5 Å². The van der Waals surface area contributed by atoms with Crippen LogP contribution in [0.2, 0.25) is 0 Å². The quantitative estimate of drug-likeness (QED) is 0.632. The Hall–Kier alpha value is -2.18. The van der Waals surface area contributed by atoms with Gasteiger partial charge in [0.25, 0.3) is 0 Å². The van der Waals surface area contributed by atoms with Gasteiger partial charge in [-0.15, -0.1) is 5.10 Å². The Bertz CT molecular complexity index is 601. The van der Waals surface area contributed by atoms with Crippen LogP contribution in [0, 0.1) is 17.5 Å². The van der Waals surface area contributed by atoms with Gasteiger partial charge in [0.2, 0.25) is 5.78 Å². The van der Waals surface area contributed by atoms with Crippen molar-refractivity contribution in [1.82, 2.24) is 15.0 Å². The van der Waals surface area contributed by atoms with Crippen molar-refractivity contribution in [2.75, 3.05) is 0 Å².